The zero-order valence-corrected chi connectivity index (χ0v) is 12.4. The summed E-state index contributed by atoms with van der Waals surface area (Å²) in [5.74, 6) is 0.635. The van der Waals surface area contributed by atoms with Gasteiger partial charge in [0.05, 0.1) is 16.1 Å². The molecule has 1 fully saturated rings. The Kier molecular flexibility index (Phi) is 3.81. The Morgan fingerprint density at radius 2 is 1.90 bits per heavy atom. The molecule has 0 amide bonds. The van der Waals surface area contributed by atoms with E-state index in [9.17, 15) is 0 Å². The third kappa shape index (κ3) is 2.47. The van der Waals surface area contributed by atoms with Crippen LogP contribution in [0.2, 0.25) is 10.0 Å². The second kappa shape index (κ2) is 5.58. The van der Waals surface area contributed by atoms with Gasteiger partial charge in [-0.3, -0.25) is 0 Å². The van der Waals surface area contributed by atoms with Gasteiger partial charge in [-0.1, -0.05) is 42.5 Å². The van der Waals surface area contributed by atoms with Gasteiger partial charge in [-0.25, -0.2) is 4.68 Å². The average Bonchev–Trinajstić information content (AvgIpc) is 2.93. The molecule has 0 unspecified atom stereocenters. The van der Waals surface area contributed by atoms with Crippen LogP contribution in [0.4, 0.5) is 5.69 Å². The van der Waals surface area contributed by atoms with Crippen molar-refractivity contribution in [3.63, 3.8) is 0 Å². The first-order valence-corrected chi connectivity index (χ1v) is 7.45. The zero-order valence-electron chi connectivity index (χ0n) is 10.9. The van der Waals surface area contributed by atoms with Crippen molar-refractivity contribution >= 4 is 28.9 Å². The smallest absolute Gasteiger partial charge is 0.183 e. The highest BCUT2D eigenvalue weighted by atomic mass is 35.5. The molecule has 1 aromatic carbocycles. The molecule has 1 saturated carbocycles. The van der Waals surface area contributed by atoms with Gasteiger partial charge in [0.2, 0.25) is 0 Å². The third-order valence-electron chi connectivity index (χ3n) is 3.70. The van der Waals surface area contributed by atoms with Gasteiger partial charge in [-0.2, -0.15) is 0 Å². The molecule has 0 spiro atoms. The minimum atomic E-state index is 0.324. The van der Waals surface area contributed by atoms with E-state index in [1.807, 2.05) is 4.68 Å². The maximum Gasteiger partial charge on any atom is 0.183 e. The molecule has 3 rings (SSSR count). The van der Waals surface area contributed by atoms with Gasteiger partial charge in [-0.15, -0.1) is 5.10 Å². The van der Waals surface area contributed by atoms with Crippen molar-refractivity contribution in [3.05, 3.63) is 22.2 Å². The van der Waals surface area contributed by atoms with Crippen LogP contribution in [0.1, 0.15) is 38.1 Å². The summed E-state index contributed by atoms with van der Waals surface area (Å²) < 4.78 is 1.86. The van der Waals surface area contributed by atoms with Crippen molar-refractivity contribution in [2.75, 3.05) is 5.73 Å². The number of anilines is 1. The zero-order chi connectivity index (χ0) is 14.1. The molecule has 0 radical (unpaired) electrons. The maximum atomic E-state index is 6.27. The van der Waals surface area contributed by atoms with Crippen LogP contribution in [0.3, 0.4) is 0 Å². The molecule has 20 heavy (non-hydrogen) atoms. The summed E-state index contributed by atoms with van der Waals surface area (Å²) in [4.78, 5) is 0. The Morgan fingerprint density at radius 3 is 2.65 bits per heavy atom. The van der Waals surface area contributed by atoms with Gasteiger partial charge in [0.25, 0.3) is 0 Å². The Morgan fingerprint density at radius 1 is 1.15 bits per heavy atom. The molecule has 2 N–H and O–H groups in total. The van der Waals surface area contributed by atoms with E-state index in [1.165, 1.54) is 19.3 Å². The first-order valence-electron chi connectivity index (χ1n) is 6.69. The number of hydrogen-bond donors (Lipinski definition) is 1. The predicted octanol–water partition coefficient (Wildman–Crippen LogP) is 3.73. The van der Waals surface area contributed by atoms with Gasteiger partial charge in [0.1, 0.15) is 0 Å². The van der Waals surface area contributed by atoms with E-state index in [1.54, 1.807) is 12.1 Å². The summed E-state index contributed by atoms with van der Waals surface area (Å²) >= 11 is 12.4. The Labute approximate surface area is 127 Å². The lowest BCUT2D eigenvalue weighted by Gasteiger charge is -2.22. The first-order chi connectivity index (χ1) is 9.66. The van der Waals surface area contributed by atoms with E-state index in [2.05, 4.69) is 15.5 Å². The highest BCUT2D eigenvalue weighted by Gasteiger charge is 2.22. The van der Waals surface area contributed by atoms with Crippen LogP contribution in [0.5, 0.6) is 0 Å². The van der Waals surface area contributed by atoms with Crippen LogP contribution < -0.4 is 5.73 Å². The second-order valence-electron chi connectivity index (χ2n) is 5.10. The normalized spacial score (nSPS) is 16.5. The number of aromatic nitrogens is 4. The van der Waals surface area contributed by atoms with Gasteiger partial charge < -0.3 is 5.73 Å². The molecule has 106 valence electrons. The van der Waals surface area contributed by atoms with Crippen molar-refractivity contribution in [1.29, 1.82) is 0 Å². The van der Waals surface area contributed by atoms with Crippen molar-refractivity contribution in [3.8, 4) is 11.4 Å². The van der Waals surface area contributed by atoms with Crippen LogP contribution in [0.25, 0.3) is 11.4 Å². The van der Waals surface area contributed by atoms with Crippen molar-refractivity contribution in [2.24, 2.45) is 0 Å². The topological polar surface area (TPSA) is 69.6 Å². The average molecular weight is 312 g/mol. The largest absolute Gasteiger partial charge is 0.399 e. The minimum absolute atomic E-state index is 0.324. The molecule has 0 atom stereocenters. The quantitative estimate of drug-likeness (QED) is 0.858. The Hall–Kier alpha value is -1.33. The minimum Gasteiger partial charge on any atom is -0.399 e. The second-order valence-corrected chi connectivity index (χ2v) is 5.89. The van der Waals surface area contributed by atoms with E-state index < -0.39 is 0 Å². The van der Waals surface area contributed by atoms with Crippen molar-refractivity contribution in [1.82, 2.24) is 20.2 Å². The van der Waals surface area contributed by atoms with Crippen LogP contribution in [-0.2, 0) is 0 Å². The summed E-state index contributed by atoms with van der Waals surface area (Å²) in [6.07, 6.45) is 5.86. The Balaban J connectivity index is 2.05. The van der Waals surface area contributed by atoms with Crippen molar-refractivity contribution in [2.45, 2.75) is 38.1 Å². The molecular formula is C13H15Cl2N5. The van der Waals surface area contributed by atoms with Crippen LogP contribution in [-0.4, -0.2) is 20.2 Å². The van der Waals surface area contributed by atoms with Crippen LogP contribution in [0, 0.1) is 0 Å². The lowest BCUT2D eigenvalue weighted by Crippen LogP contribution is -2.15. The number of nitrogens with zero attached hydrogens (tertiary/aromatic N) is 4. The lowest BCUT2D eigenvalue weighted by molar-refractivity contribution is 0.327. The van der Waals surface area contributed by atoms with Crippen molar-refractivity contribution < 1.29 is 0 Å². The molecule has 2 aromatic rings. The first kappa shape index (κ1) is 13.6. The van der Waals surface area contributed by atoms with Gasteiger partial charge in [-0.05, 0) is 35.4 Å². The predicted molar refractivity (Wildman–Crippen MR) is 79.8 cm³/mol. The van der Waals surface area contributed by atoms with Gasteiger partial charge >= 0.3 is 0 Å². The lowest BCUT2D eigenvalue weighted by atomic mass is 9.95. The van der Waals surface area contributed by atoms with Gasteiger partial charge in [0.15, 0.2) is 5.82 Å². The number of rotatable bonds is 2. The molecule has 0 aliphatic heterocycles. The number of tetrazole rings is 1. The van der Waals surface area contributed by atoms with E-state index in [-0.39, 0.29) is 0 Å². The standard InChI is InChI=1S/C13H15Cl2N5/c14-11-7-8(16)6-10(12(11)15)13-17-18-19-20(13)9-4-2-1-3-5-9/h6-7,9H,1-5,16H2. The highest BCUT2D eigenvalue weighted by molar-refractivity contribution is 6.43. The maximum absolute atomic E-state index is 6.27. The summed E-state index contributed by atoms with van der Waals surface area (Å²) in [5, 5.41) is 12.9. The molecule has 1 heterocycles. The van der Waals surface area contributed by atoms with E-state index in [0.717, 1.165) is 12.8 Å². The number of halogens is 2. The molecule has 7 heteroatoms. The third-order valence-corrected chi connectivity index (χ3v) is 4.51. The fraction of sp³-hybridized carbons (Fsp3) is 0.462. The monoisotopic (exact) mass is 311 g/mol. The number of benzene rings is 1. The fourth-order valence-electron chi connectivity index (χ4n) is 2.72. The fourth-order valence-corrected chi connectivity index (χ4v) is 3.14. The molecule has 1 aromatic heterocycles. The molecular weight excluding hydrogens is 297 g/mol. The summed E-state index contributed by atoms with van der Waals surface area (Å²) in [7, 11) is 0. The summed E-state index contributed by atoms with van der Waals surface area (Å²) in [6.45, 7) is 0. The molecule has 5 nitrogen and oxygen atoms in total. The number of nitrogens with two attached hydrogens (primary N) is 1. The van der Waals surface area contributed by atoms with Crippen LogP contribution >= 0.6 is 23.2 Å². The highest BCUT2D eigenvalue weighted by Crippen LogP contribution is 2.37. The SMILES string of the molecule is Nc1cc(Cl)c(Cl)c(-c2nnnn2C2CCCCC2)c1. The number of nitrogen functional groups attached to an aromatic ring is 1. The number of hydrogen-bond acceptors (Lipinski definition) is 4. The molecule has 0 bridgehead atoms. The summed E-state index contributed by atoms with van der Waals surface area (Å²) in [5.41, 5.74) is 7.08. The van der Waals surface area contributed by atoms with Gasteiger partial charge in [0, 0.05) is 11.3 Å². The van der Waals surface area contributed by atoms with Crippen LogP contribution in [0.15, 0.2) is 12.1 Å². The van der Waals surface area contributed by atoms with E-state index in [4.69, 9.17) is 28.9 Å². The Bertz CT molecular complexity index is 619. The molecule has 0 saturated heterocycles. The van der Waals surface area contributed by atoms with E-state index >= 15 is 0 Å². The molecule has 1 aliphatic carbocycles. The van der Waals surface area contributed by atoms with E-state index in [0.29, 0.717) is 33.2 Å². The molecule has 1 aliphatic rings. The summed E-state index contributed by atoms with van der Waals surface area (Å²) in [6, 6.07) is 3.71.